The van der Waals surface area contributed by atoms with Crippen LogP contribution in [0.5, 0.6) is 5.75 Å². The molecule has 1 aliphatic rings. The lowest BCUT2D eigenvalue weighted by Crippen LogP contribution is -2.05. The molecular formula is C12H14O3. The number of hydrogen-bond donors (Lipinski definition) is 1. The van der Waals surface area contributed by atoms with Crippen LogP contribution in [0.2, 0.25) is 0 Å². The van der Waals surface area contributed by atoms with Gasteiger partial charge in [0.25, 0.3) is 0 Å². The number of rotatable bonds is 3. The van der Waals surface area contributed by atoms with E-state index >= 15 is 0 Å². The fraction of sp³-hybridized carbons (Fsp3) is 0.417. The van der Waals surface area contributed by atoms with Crippen LogP contribution in [0.1, 0.15) is 24.5 Å². The Morgan fingerprint density at radius 1 is 1.60 bits per heavy atom. The first-order valence-electron chi connectivity index (χ1n) is 5.15. The largest absolute Gasteiger partial charge is 0.490 e. The number of carboxylic acids is 1. The second kappa shape index (κ2) is 3.93. The minimum absolute atomic E-state index is 0.190. The summed E-state index contributed by atoms with van der Waals surface area (Å²) in [5.41, 5.74) is 2.28. The van der Waals surface area contributed by atoms with Gasteiger partial charge in [-0.2, -0.15) is 0 Å². The Hall–Kier alpha value is -1.51. The minimum atomic E-state index is -0.750. The van der Waals surface area contributed by atoms with Crippen molar-refractivity contribution in [3.05, 3.63) is 29.3 Å². The zero-order valence-electron chi connectivity index (χ0n) is 8.69. The van der Waals surface area contributed by atoms with E-state index in [0.717, 1.165) is 17.7 Å². The molecule has 15 heavy (non-hydrogen) atoms. The molecule has 1 atom stereocenters. The van der Waals surface area contributed by atoms with Gasteiger partial charge in [0.2, 0.25) is 0 Å². The number of carbonyl (C=O) groups is 1. The molecule has 0 spiro atoms. The van der Waals surface area contributed by atoms with Crippen LogP contribution < -0.4 is 4.74 Å². The summed E-state index contributed by atoms with van der Waals surface area (Å²) in [5.74, 6) is 0.196. The third-order valence-corrected chi connectivity index (χ3v) is 2.59. The van der Waals surface area contributed by atoms with Crippen LogP contribution in [-0.2, 0) is 17.6 Å². The third kappa shape index (κ3) is 2.29. The van der Waals surface area contributed by atoms with E-state index in [2.05, 4.69) is 6.07 Å². The van der Waals surface area contributed by atoms with Gasteiger partial charge in [0.05, 0.1) is 0 Å². The van der Waals surface area contributed by atoms with Crippen molar-refractivity contribution in [2.24, 2.45) is 0 Å². The van der Waals surface area contributed by atoms with Crippen molar-refractivity contribution in [1.29, 1.82) is 0 Å². The van der Waals surface area contributed by atoms with Crippen LogP contribution in [0.3, 0.4) is 0 Å². The lowest BCUT2D eigenvalue weighted by molar-refractivity contribution is -0.136. The lowest BCUT2D eigenvalue weighted by atomic mass is 10.0. The Bertz CT molecular complexity index is 384. The van der Waals surface area contributed by atoms with Gasteiger partial charge in [-0.25, -0.2) is 0 Å². The highest BCUT2D eigenvalue weighted by Gasteiger charge is 2.18. The molecule has 1 heterocycles. The van der Waals surface area contributed by atoms with Crippen molar-refractivity contribution in [1.82, 2.24) is 0 Å². The van der Waals surface area contributed by atoms with Crippen LogP contribution in [0.4, 0.5) is 0 Å². The summed E-state index contributed by atoms with van der Waals surface area (Å²) in [5, 5.41) is 8.59. The number of ether oxygens (including phenoxy) is 1. The molecule has 0 fully saturated rings. The van der Waals surface area contributed by atoms with Gasteiger partial charge >= 0.3 is 5.97 Å². The van der Waals surface area contributed by atoms with Crippen LogP contribution >= 0.6 is 0 Å². The first-order chi connectivity index (χ1) is 7.15. The molecule has 2 rings (SSSR count). The smallest absolute Gasteiger partial charge is 0.303 e. The molecular weight excluding hydrogens is 192 g/mol. The Kier molecular flexibility index (Phi) is 2.62. The predicted molar refractivity (Wildman–Crippen MR) is 56.2 cm³/mol. The molecule has 0 saturated carbocycles. The molecule has 0 saturated heterocycles. The zero-order valence-corrected chi connectivity index (χ0v) is 8.69. The summed E-state index contributed by atoms with van der Waals surface area (Å²) < 4.78 is 5.57. The van der Waals surface area contributed by atoms with Crippen molar-refractivity contribution < 1.29 is 14.6 Å². The molecule has 0 aromatic heterocycles. The Morgan fingerprint density at radius 2 is 2.40 bits per heavy atom. The standard InChI is InChI=1S/C12H14O3/c1-8-6-10-7-9(3-5-12(13)14)2-4-11(10)15-8/h2,4,7-8H,3,5-6H2,1H3,(H,13,14)/t8-/m1/s1. The maximum atomic E-state index is 10.4. The third-order valence-electron chi connectivity index (χ3n) is 2.59. The maximum Gasteiger partial charge on any atom is 0.303 e. The molecule has 1 aromatic carbocycles. The summed E-state index contributed by atoms with van der Waals surface area (Å²) in [7, 11) is 0. The Morgan fingerprint density at radius 3 is 3.13 bits per heavy atom. The van der Waals surface area contributed by atoms with Gasteiger partial charge in [0, 0.05) is 12.8 Å². The second-order valence-corrected chi connectivity index (χ2v) is 3.97. The first kappa shape index (κ1) is 10.0. The average Bonchev–Trinajstić information content (AvgIpc) is 2.53. The summed E-state index contributed by atoms with van der Waals surface area (Å²) in [4.78, 5) is 10.4. The van der Waals surface area contributed by atoms with Gasteiger partial charge in [-0.05, 0) is 30.5 Å². The molecule has 0 aliphatic carbocycles. The topological polar surface area (TPSA) is 46.5 Å². The number of benzene rings is 1. The van der Waals surface area contributed by atoms with Crippen molar-refractivity contribution >= 4 is 5.97 Å². The van der Waals surface area contributed by atoms with Gasteiger partial charge in [-0.1, -0.05) is 12.1 Å². The predicted octanol–water partition coefficient (Wildman–Crippen LogP) is 2.03. The fourth-order valence-electron chi connectivity index (χ4n) is 1.88. The minimum Gasteiger partial charge on any atom is -0.490 e. The van der Waals surface area contributed by atoms with Crippen LogP contribution in [0, 0.1) is 0 Å². The van der Waals surface area contributed by atoms with Gasteiger partial charge in [-0.15, -0.1) is 0 Å². The van der Waals surface area contributed by atoms with E-state index in [4.69, 9.17) is 9.84 Å². The van der Waals surface area contributed by atoms with Crippen molar-refractivity contribution in [2.75, 3.05) is 0 Å². The van der Waals surface area contributed by atoms with E-state index in [-0.39, 0.29) is 12.5 Å². The van der Waals surface area contributed by atoms with Gasteiger partial charge in [0.1, 0.15) is 11.9 Å². The van der Waals surface area contributed by atoms with Crippen molar-refractivity contribution in [2.45, 2.75) is 32.3 Å². The van der Waals surface area contributed by atoms with Crippen LogP contribution in [0.25, 0.3) is 0 Å². The van der Waals surface area contributed by atoms with E-state index < -0.39 is 5.97 Å². The van der Waals surface area contributed by atoms with Crippen molar-refractivity contribution in [3.63, 3.8) is 0 Å². The fourth-order valence-corrected chi connectivity index (χ4v) is 1.88. The molecule has 0 unspecified atom stereocenters. The highest BCUT2D eigenvalue weighted by molar-refractivity contribution is 5.67. The van der Waals surface area contributed by atoms with Gasteiger partial charge in [-0.3, -0.25) is 4.79 Å². The van der Waals surface area contributed by atoms with Gasteiger partial charge in [0.15, 0.2) is 0 Å². The number of fused-ring (bicyclic) bond motifs is 1. The molecule has 1 aliphatic heterocycles. The van der Waals surface area contributed by atoms with Crippen molar-refractivity contribution in [3.8, 4) is 5.75 Å². The van der Waals surface area contributed by atoms with Crippen LogP contribution in [0.15, 0.2) is 18.2 Å². The monoisotopic (exact) mass is 206 g/mol. The molecule has 3 nitrogen and oxygen atoms in total. The van der Waals surface area contributed by atoms with Gasteiger partial charge < -0.3 is 9.84 Å². The molecule has 3 heteroatoms. The summed E-state index contributed by atoms with van der Waals surface area (Å²) in [6, 6.07) is 5.94. The lowest BCUT2D eigenvalue weighted by Gasteiger charge is -2.03. The van der Waals surface area contributed by atoms with Crippen LogP contribution in [-0.4, -0.2) is 17.2 Å². The Labute approximate surface area is 88.7 Å². The number of carboxylic acid groups (broad SMARTS) is 1. The zero-order chi connectivity index (χ0) is 10.8. The summed E-state index contributed by atoms with van der Waals surface area (Å²) >= 11 is 0. The maximum absolute atomic E-state index is 10.4. The number of hydrogen-bond acceptors (Lipinski definition) is 2. The second-order valence-electron chi connectivity index (χ2n) is 3.97. The first-order valence-corrected chi connectivity index (χ1v) is 5.15. The van der Waals surface area contributed by atoms with E-state index in [0.29, 0.717) is 6.42 Å². The molecule has 80 valence electrons. The van der Waals surface area contributed by atoms with E-state index in [1.165, 1.54) is 5.56 Å². The Balaban J connectivity index is 2.09. The quantitative estimate of drug-likeness (QED) is 0.823. The molecule has 0 amide bonds. The molecule has 1 aromatic rings. The molecule has 0 bridgehead atoms. The van der Waals surface area contributed by atoms with E-state index in [1.54, 1.807) is 0 Å². The van der Waals surface area contributed by atoms with E-state index in [1.807, 2.05) is 19.1 Å². The normalized spacial score (nSPS) is 18.3. The number of aryl methyl sites for hydroxylation is 1. The van der Waals surface area contributed by atoms with E-state index in [9.17, 15) is 4.79 Å². The summed E-state index contributed by atoms with van der Waals surface area (Å²) in [6.45, 7) is 2.04. The SMILES string of the molecule is C[C@@H]1Cc2cc(CCC(=O)O)ccc2O1. The molecule has 1 N–H and O–H groups in total. The highest BCUT2D eigenvalue weighted by atomic mass is 16.5. The summed E-state index contributed by atoms with van der Waals surface area (Å²) in [6.07, 6.45) is 1.96. The average molecular weight is 206 g/mol. The highest BCUT2D eigenvalue weighted by Crippen LogP contribution is 2.29. The molecule has 0 radical (unpaired) electrons. The number of aliphatic carboxylic acids is 1.